The first kappa shape index (κ1) is 15.4. The minimum absolute atomic E-state index is 0. The first-order chi connectivity index (χ1) is 8.07. The largest absolute Gasteiger partial charge is 0.344 e. The molecule has 1 unspecified atom stereocenters. The molecule has 0 bridgehead atoms. The fourth-order valence-electron chi connectivity index (χ4n) is 1.91. The predicted molar refractivity (Wildman–Crippen MR) is 76.8 cm³/mol. The lowest BCUT2D eigenvalue weighted by Crippen LogP contribution is -2.53. The summed E-state index contributed by atoms with van der Waals surface area (Å²) in [6.07, 6.45) is 3.88. The van der Waals surface area contributed by atoms with Crippen LogP contribution >= 0.6 is 28.3 Å². The summed E-state index contributed by atoms with van der Waals surface area (Å²) in [7, 11) is 0. The van der Waals surface area contributed by atoms with E-state index >= 15 is 0 Å². The van der Waals surface area contributed by atoms with Crippen LogP contribution in [-0.2, 0) is 0 Å². The molecule has 18 heavy (non-hydrogen) atoms. The fraction of sp³-hybridized carbons (Fsp3) is 0.500. The van der Waals surface area contributed by atoms with Crippen LogP contribution in [-0.4, -0.2) is 23.0 Å². The first-order valence-corrected chi connectivity index (χ1v) is 6.49. The number of halogens is 2. The van der Waals surface area contributed by atoms with Crippen LogP contribution in [0.3, 0.4) is 0 Å². The number of carbonyl (C=O) groups is 1. The number of hydrogen-bond acceptors (Lipinski definition) is 3. The highest BCUT2D eigenvalue weighted by molar-refractivity contribution is 9.10. The van der Waals surface area contributed by atoms with Crippen molar-refractivity contribution in [3.63, 3.8) is 0 Å². The van der Waals surface area contributed by atoms with Crippen LogP contribution < -0.4 is 11.1 Å². The lowest BCUT2D eigenvalue weighted by molar-refractivity contribution is 0.0892. The monoisotopic (exact) mass is 333 g/mol. The lowest BCUT2D eigenvalue weighted by Gasteiger charge is -2.29. The summed E-state index contributed by atoms with van der Waals surface area (Å²) in [5.41, 5.74) is 5.86. The number of nitrogens with zero attached hydrogens (tertiary/aromatic N) is 1. The molecule has 1 fully saturated rings. The number of pyridine rings is 1. The molecule has 1 atom stereocenters. The third-order valence-corrected chi connectivity index (χ3v) is 3.91. The smallest absolute Gasteiger partial charge is 0.271 e. The Morgan fingerprint density at radius 3 is 2.83 bits per heavy atom. The van der Waals surface area contributed by atoms with Gasteiger partial charge < -0.3 is 11.1 Å². The molecular formula is C12H17BrClN3O. The van der Waals surface area contributed by atoms with Crippen molar-refractivity contribution < 1.29 is 4.79 Å². The number of aromatic nitrogens is 1. The van der Waals surface area contributed by atoms with Gasteiger partial charge in [-0.3, -0.25) is 4.79 Å². The van der Waals surface area contributed by atoms with Gasteiger partial charge in [-0.1, -0.05) is 0 Å². The Balaban J connectivity index is 0.00000162. The van der Waals surface area contributed by atoms with Gasteiger partial charge >= 0.3 is 0 Å². The van der Waals surface area contributed by atoms with Gasteiger partial charge in [0.25, 0.3) is 5.91 Å². The second-order valence-corrected chi connectivity index (χ2v) is 5.54. The first-order valence-electron chi connectivity index (χ1n) is 5.70. The lowest BCUT2D eigenvalue weighted by atomic mass is 9.96. The average Bonchev–Trinajstić information content (AvgIpc) is 3.13. The molecule has 1 aliphatic carbocycles. The molecule has 1 saturated carbocycles. The van der Waals surface area contributed by atoms with Gasteiger partial charge in [0.15, 0.2) is 0 Å². The minimum atomic E-state index is -0.311. The summed E-state index contributed by atoms with van der Waals surface area (Å²) < 4.78 is 0.702. The molecule has 1 aromatic heterocycles. The molecule has 0 spiro atoms. The quantitative estimate of drug-likeness (QED) is 0.886. The summed E-state index contributed by atoms with van der Waals surface area (Å²) in [5, 5.41) is 3.01. The molecule has 4 nitrogen and oxygen atoms in total. The summed E-state index contributed by atoms with van der Waals surface area (Å²) in [5.74, 6) is 0.330. The van der Waals surface area contributed by atoms with Gasteiger partial charge in [0, 0.05) is 17.2 Å². The molecule has 1 aliphatic rings. The Bertz CT molecular complexity index is 439. The Kier molecular flexibility index (Phi) is 5.13. The van der Waals surface area contributed by atoms with E-state index in [9.17, 15) is 4.79 Å². The number of nitrogens with one attached hydrogen (secondary N) is 1. The highest BCUT2D eigenvalue weighted by Gasteiger charge is 2.41. The van der Waals surface area contributed by atoms with Crippen molar-refractivity contribution in [3.8, 4) is 0 Å². The third kappa shape index (κ3) is 3.22. The van der Waals surface area contributed by atoms with Gasteiger partial charge in [-0.2, -0.15) is 0 Å². The van der Waals surface area contributed by atoms with E-state index in [1.54, 1.807) is 18.3 Å². The zero-order chi connectivity index (χ0) is 12.5. The molecule has 1 aromatic rings. The van der Waals surface area contributed by atoms with Crippen molar-refractivity contribution >= 4 is 34.2 Å². The van der Waals surface area contributed by atoms with Crippen LogP contribution in [0.15, 0.2) is 22.8 Å². The Morgan fingerprint density at radius 2 is 2.33 bits per heavy atom. The highest BCUT2D eigenvalue weighted by Crippen LogP contribution is 2.39. The van der Waals surface area contributed by atoms with Crippen molar-refractivity contribution in [1.82, 2.24) is 10.3 Å². The number of hydrogen-bond donors (Lipinski definition) is 2. The number of amides is 1. The van der Waals surface area contributed by atoms with Crippen LogP contribution in [0.5, 0.6) is 0 Å². The zero-order valence-electron chi connectivity index (χ0n) is 10.1. The Labute approximate surface area is 121 Å². The van der Waals surface area contributed by atoms with E-state index in [0.717, 1.165) is 12.8 Å². The van der Waals surface area contributed by atoms with Crippen molar-refractivity contribution in [3.05, 3.63) is 28.5 Å². The molecule has 1 amide bonds. The predicted octanol–water partition coefficient (Wildman–Crippen LogP) is 2.12. The van der Waals surface area contributed by atoms with E-state index < -0.39 is 0 Å². The van der Waals surface area contributed by atoms with E-state index in [-0.39, 0.29) is 23.9 Å². The second kappa shape index (κ2) is 5.99. The van der Waals surface area contributed by atoms with Gasteiger partial charge in [-0.05, 0) is 53.7 Å². The summed E-state index contributed by atoms with van der Waals surface area (Å²) >= 11 is 3.32. The summed E-state index contributed by atoms with van der Waals surface area (Å²) in [4.78, 5) is 16.2. The molecule has 0 saturated heterocycles. The Morgan fingerprint density at radius 1 is 1.67 bits per heavy atom. The SMILES string of the molecule is CC(CN)(NC(=O)c1ncccc1Br)C1CC1.Cl. The average molecular weight is 335 g/mol. The van der Waals surface area contributed by atoms with Crippen molar-refractivity contribution in [2.45, 2.75) is 25.3 Å². The standard InChI is InChI=1S/C12H16BrN3O.ClH/c1-12(7-14,8-4-5-8)16-11(17)10-9(13)3-2-6-15-10;/h2-3,6,8H,4-5,7,14H2,1H3,(H,16,17);1H. The van der Waals surface area contributed by atoms with Gasteiger partial charge in [0.1, 0.15) is 5.69 Å². The summed E-state index contributed by atoms with van der Waals surface area (Å²) in [6.45, 7) is 2.45. The maximum Gasteiger partial charge on any atom is 0.271 e. The fourth-order valence-corrected chi connectivity index (χ4v) is 2.35. The number of nitrogens with two attached hydrogens (primary N) is 1. The van der Waals surface area contributed by atoms with E-state index in [1.807, 2.05) is 6.92 Å². The molecule has 2 rings (SSSR count). The number of rotatable bonds is 4. The van der Waals surface area contributed by atoms with Crippen molar-refractivity contribution in [2.24, 2.45) is 11.7 Å². The van der Waals surface area contributed by atoms with Crippen molar-refractivity contribution in [2.75, 3.05) is 6.54 Å². The highest BCUT2D eigenvalue weighted by atomic mass is 79.9. The van der Waals surface area contributed by atoms with Gasteiger partial charge in [0.05, 0.1) is 5.54 Å². The molecule has 0 aromatic carbocycles. The minimum Gasteiger partial charge on any atom is -0.344 e. The zero-order valence-corrected chi connectivity index (χ0v) is 12.6. The second-order valence-electron chi connectivity index (χ2n) is 4.68. The molecule has 1 heterocycles. The van der Waals surface area contributed by atoms with Gasteiger partial charge in [-0.25, -0.2) is 4.98 Å². The number of carbonyl (C=O) groups excluding carboxylic acids is 1. The van der Waals surface area contributed by atoms with Crippen LogP contribution in [0.2, 0.25) is 0 Å². The molecule has 100 valence electrons. The van der Waals surface area contributed by atoms with Crippen LogP contribution in [0.25, 0.3) is 0 Å². The van der Waals surface area contributed by atoms with E-state index in [0.29, 0.717) is 22.6 Å². The molecule has 6 heteroatoms. The van der Waals surface area contributed by atoms with E-state index in [4.69, 9.17) is 5.73 Å². The maximum atomic E-state index is 12.1. The third-order valence-electron chi connectivity index (χ3n) is 3.28. The van der Waals surface area contributed by atoms with Crippen LogP contribution in [0, 0.1) is 5.92 Å². The topological polar surface area (TPSA) is 68.0 Å². The normalized spacial score (nSPS) is 17.5. The molecular weight excluding hydrogens is 318 g/mol. The Hall–Kier alpha value is -0.650. The van der Waals surface area contributed by atoms with Crippen molar-refractivity contribution in [1.29, 1.82) is 0 Å². The van der Waals surface area contributed by atoms with E-state index in [1.165, 1.54) is 0 Å². The molecule has 0 aliphatic heterocycles. The maximum absolute atomic E-state index is 12.1. The van der Waals surface area contributed by atoms with Gasteiger partial charge in [0.2, 0.25) is 0 Å². The summed E-state index contributed by atoms with van der Waals surface area (Å²) in [6, 6.07) is 3.59. The van der Waals surface area contributed by atoms with E-state index in [2.05, 4.69) is 26.2 Å². The van der Waals surface area contributed by atoms with Crippen LogP contribution in [0.4, 0.5) is 0 Å². The molecule has 0 radical (unpaired) electrons. The molecule has 3 N–H and O–H groups in total. The van der Waals surface area contributed by atoms with Gasteiger partial charge in [-0.15, -0.1) is 12.4 Å². The van der Waals surface area contributed by atoms with Crippen LogP contribution in [0.1, 0.15) is 30.3 Å².